The van der Waals surface area contributed by atoms with Gasteiger partial charge in [0.15, 0.2) is 0 Å². The van der Waals surface area contributed by atoms with Crippen molar-refractivity contribution in [3.05, 3.63) is 64.5 Å². The molecule has 0 aliphatic heterocycles. The van der Waals surface area contributed by atoms with Gasteiger partial charge in [0.1, 0.15) is 0 Å². The average Bonchev–Trinajstić information content (AvgIpc) is 3.13. The van der Waals surface area contributed by atoms with E-state index in [4.69, 9.17) is 5.11 Å². The summed E-state index contributed by atoms with van der Waals surface area (Å²) in [6.45, 7) is 2.35. The molecule has 3 N–H and O–H groups in total. The zero-order valence-electron chi connectivity index (χ0n) is 18.4. The standard InChI is InChI=1S/C26H30N2O3S/c1-17-24(21-9-5-6-10-22(21)32-17)25(18-7-3-2-4-8-18)28-20-13-11-19(12-14-20)26(31)27-16-15-23(29)30/h5-6,9-14,18,25,28H,2-4,7-8,15-16H2,1H3,(H,27,31)(H,29,30). The molecule has 1 aliphatic carbocycles. The van der Waals surface area contributed by atoms with Crippen LogP contribution in [0.2, 0.25) is 0 Å². The number of anilines is 1. The van der Waals surface area contributed by atoms with Crippen molar-refractivity contribution in [3.8, 4) is 0 Å². The Hall–Kier alpha value is -2.86. The largest absolute Gasteiger partial charge is 0.481 e. The number of nitrogens with one attached hydrogen (secondary N) is 2. The quantitative estimate of drug-likeness (QED) is 0.385. The van der Waals surface area contributed by atoms with E-state index in [0.29, 0.717) is 11.5 Å². The Morgan fingerprint density at radius 1 is 1.06 bits per heavy atom. The fraction of sp³-hybridized carbons (Fsp3) is 0.385. The molecule has 0 bridgehead atoms. The third kappa shape index (κ3) is 5.13. The van der Waals surface area contributed by atoms with Crippen LogP contribution < -0.4 is 10.6 Å². The number of aryl methyl sites for hydroxylation is 1. The van der Waals surface area contributed by atoms with Crippen LogP contribution in [0.3, 0.4) is 0 Å². The van der Waals surface area contributed by atoms with Crippen molar-refractivity contribution in [2.24, 2.45) is 5.92 Å². The molecule has 0 saturated heterocycles. The Kier molecular flexibility index (Phi) is 7.10. The topological polar surface area (TPSA) is 78.4 Å². The number of hydrogen-bond donors (Lipinski definition) is 3. The summed E-state index contributed by atoms with van der Waals surface area (Å²) in [5.41, 5.74) is 2.94. The Balaban J connectivity index is 1.56. The van der Waals surface area contributed by atoms with Gasteiger partial charge in [-0.05, 0) is 67.0 Å². The van der Waals surface area contributed by atoms with Crippen LogP contribution in [0.1, 0.15) is 65.4 Å². The minimum Gasteiger partial charge on any atom is -0.481 e. The Morgan fingerprint density at radius 3 is 2.50 bits per heavy atom. The molecule has 1 heterocycles. The molecule has 1 aromatic heterocycles. The Morgan fingerprint density at radius 2 is 1.78 bits per heavy atom. The van der Waals surface area contributed by atoms with Gasteiger partial charge in [-0.2, -0.15) is 0 Å². The van der Waals surface area contributed by atoms with Crippen LogP contribution in [0.5, 0.6) is 0 Å². The number of carbonyl (C=O) groups is 2. The molecule has 0 spiro atoms. The van der Waals surface area contributed by atoms with Gasteiger partial charge in [-0.3, -0.25) is 9.59 Å². The third-order valence-electron chi connectivity index (χ3n) is 6.35. The number of carboxylic acid groups (broad SMARTS) is 1. The first-order valence-electron chi connectivity index (χ1n) is 11.4. The van der Waals surface area contributed by atoms with Gasteiger partial charge in [0, 0.05) is 27.4 Å². The maximum Gasteiger partial charge on any atom is 0.305 e. The molecule has 32 heavy (non-hydrogen) atoms. The van der Waals surface area contributed by atoms with E-state index in [1.165, 1.54) is 52.6 Å². The van der Waals surface area contributed by atoms with E-state index < -0.39 is 5.97 Å². The van der Waals surface area contributed by atoms with Crippen LogP contribution in [-0.2, 0) is 4.79 Å². The van der Waals surface area contributed by atoms with E-state index in [-0.39, 0.29) is 24.9 Å². The maximum atomic E-state index is 12.3. The van der Waals surface area contributed by atoms with Crippen molar-refractivity contribution >= 4 is 39.0 Å². The van der Waals surface area contributed by atoms with Gasteiger partial charge in [0.2, 0.25) is 0 Å². The van der Waals surface area contributed by atoms with E-state index in [1.807, 2.05) is 23.5 Å². The predicted octanol–water partition coefficient (Wildman–Crippen LogP) is 6.15. The molecular weight excluding hydrogens is 420 g/mol. The fourth-order valence-electron chi connectivity index (χ4n) is 4.75. The van der Waals surface area contributed by atoms with E-state index in [2.05, 4.69) is 41.8 Å². The summed E-state index contributed by atoms with van der Waals surface area (Å²) in [7, 11) is 0. The first-order chi connectivity index (χ1) is 15.5. The Labute approximate surface area is 192 Å². The molecule has 0 radical (unpaired) electrons. The second kappa shape index (κ2) is 10.2. The molecule has 4 rings (SSSR count). The lowest BCUT2D eigenvalue weighted by Gasteiger charge is -2.32. The zero-order chi connectivity index (χ0) is 22.5. The smallest absolute Gasteiger partial charge is 0.305 e. The summed E-state index contributed by atoms with van der Waals surface area (Å²) < 4.78 is 1.33. The molecule has 168 valence electrons. The number of benzene rings is 2. The minimum atomic E-state index is -0.921. The number of thiophene rings is 1. The van der Waals surface area contributed by atoms with Crippen LogP contribution >= 0.6 is 11.3 Å². The summed E-state index contributed by atoms with van der Waals surface area (Å²) in [6, 6.07) is 16.4. The first kappa shape index (κ1) is 22.3. The number of amides is 1. The molecule has 3 aromatic rings. The van der Waals surface area contributed by atoms with Gasteiger partial charge in [-0.1, -0.05) is 37.5 Å². The van der Waals surface area contributed by atoms with Crippen LogP contribution in [0.15, 0.2) is 48.5 Å². The minimum absolute atomic E-state index is 0.0810. The average molecular weight is 451 g/mol. The molecule has 1 aliphatic rings. The molecule has 1 amide bonds. The highest BCUT2D eigenvalue weighted by molar-refractivity contribution is 7.19. The second-order valence-electron chi connectivity index (χ2n) is 8.57. The van der Waals surface area contributed by atoms with E-state index in [1.54, 1.807) is 12.1 Å². The highest BCUT2D eigenvalue weighted by atomic mass is 32.1. The summed E-state index contributed by atoms with van der Waals surface area (Å²) in [5.74, 6) is -0.587. The van der Waals surface area contributed by atoms with Crippen LogP contribution in [0.25, 0.3) is 10.1 Å². The van der Waals surface area contributed by atoms with Gasteiger partial charge in [0.05, 0.1) is 12.5 Å². The van der Waals surface area contributed by atoms with Crippen molar-refractivity contribution in [2.45, 2.75) is 51.5 Å². The highest BCUT2D eigenvalue weighted by Crippen LogP contribution is 2.43. The van der Waals surface area contributed by atoms with Gasteiger partial charge in [-0.15, -0.1) is 11.3 Å². The normalized spacial score (nSPS) is 15.4. The summed E-state index contributed by atoms with van der Waals surface area (Å²) in [6.07, 6.45) is 6.25. The number of carbonyl (C=O) groups excluding carboxylic acids is 1. The SMILES string of the molecule is Cc1sc2ccccc2c1C(Nc1ccc(C(=O)NCCC(=O)O)cc1)C1CCCCC1. The Bertz CT molecular complexity index is 1080. The monoisotopic (exact) mass is 450 g/mol. The number of hydrogen-bond acceptors (Lipinski definition) is 4. The van der Waals surface area contributed by atoms with E-state index >= 15 is 0 Å². The molecule has 1 atom stereocenters. The summed E-state index contributed by atoms with van der Waals surface area (Å²) in [4.78, 5) is 24.3. The summed E-state index contributed by atoms with van der Waals surface area (Å²) in [5, 5.41) is 16.5. The zero-order valence-corrected chi connectivity index (χ0v) is 19.2. The molecule has 1 fully saturated rings. The van der Waals surface area contributed by atoms with Crippen molar-refractivity contribution < 1.29 is 14.7 Å². The third-order valence-corrected chi connectivity index (χ3v) is 7.45. The number of fused-ring (bicyclic) bond motifs is 1. The highest BCUT2D eigenvalue weighted by Gasteiger charge is 2.28. The lowest BCUT2D eigenvalue weighted by Crippen LogP contribution is -2.26. The molecule has 5 nitrogen and oxygen atoms in total. The lowest BCUT2D eigenvalue weighted by molar-refractivity contribution is -0.136. The lowest BCUT2D eigenvalue weighted by atomic mass is 9.80. The van der Waals surface area contributed by atoms with Crippen molar-refractivity contribution in [2.75, 3.05) is 11.9 Å². The molecular formula is C26H30N2O3S. The predicted molar refractivity (Wildman–Crippen MR) is 131 cm³/mol. The number of rotatable bonds is 8. The number of aliphatic carboxylic acids is 1. The van der Waals surface area contributed by atoms with Gasteiger partial charge >= 0.3 is 5.97 Å². The van der Waals surface area contributed by atoms with E-state index in [0.717, 1.165) is 5.69 Å². The van der Waals surface area contributed by atoms with Crippen molar-refractivity contribution in [1.29, 1.82) is 0 Å². The van der Waals surface area contributed by atoms with Crippen molar-refractivity contribution in [3.63, 3.8) is 0 Å². The van der Waals surface area contributed by atoms with Crippen LogP contribution in [0, 0.1) is 12.8 Å². The van der Waals surface area contributed by atoms with Crippen molar-refractivity contribution in [1.82, 2.24) is 5.32 Å². The van der Waals surface area contributed by atoms with Gasteiger partial charge in [-0.25, -0.2) is 0 Å². The molecule has 6 heteroatoms. The first-order valence-corrected chi connectivity index (χ1v) is 12.2. The van der Waals surface area contributed by atoms with E-state index in [9.17, 15) is 9.59 Å². The van der Waals surface area contributed by atoms with Gasteiger partial charge < -0.3 is 15.7 Å². The van der Waals surface area contributed by atoms with Gasteiger partial charge in [0.25, 0.3) is 5.91 Å². The molecule has 2 aromatic carbocycles. The second-order valence-corrected chi connectivity index (χ2v) is 9.82. The molecule has 1 unspecified atom stereocenters. The number of carboxylic acids is 1. The maximum absolute atomic E-state index is 12.3. The summed E-state index contributed by atoms with van der Waals surface area (Å²) >= 11 is 1.86. The van der Waals surface area contributed by atoms with Crippen LogP contribution in [-0.4, -0.2) is 23.5 Å². The molecule has 1 saturated carbocycles. The van der Waals surface area contributed by atoms with Crippen LogP contribution in [0.4, 0.5) is 5.69 Å². The fourth-order valence-corrected chi connectivity index (χ4v) is 5.86.